The lowest BCUT2D eigenvalue weighted by Gasteiger charge is -2.43. The SMILES string of the molecule is CC(C)(C)[Si](C)(C)O[C@@H]1CCCC[C@H]1c1ccc(F)cc1. The van der Waals surface area contributed by atoms with Gasteiger partial charge in [0.15, 0.2) is 8.32 Å². The maximum Gasteiger partial charge on any atom is 0.192 e. The van der Waals surface area contributed by atoms with Gasteiger partial charge in [-0.05, 0) is 48.7 Å². The first-order chi connectivity index (χ1) is 9.71. The fourth-order valence-electron chi connectivity index (χ4n) is 2.88. The van der Waals surface area contributed by atoms with Gasteiger partial charge in [-0.2, -0.15) is 0 Å². The van der Waals surface area contributed by atoms with Crippen LogP contribution in [-0.2, 0) is 4.43 Å². The van der Waals surface area contributed by atoms with E-state index in [1.807, 2.05) is 12.1 Å². The number of halogens is 1. The van der Waals surface area contributed by atoms with E-state index in [0.717, 1.165) is 12.8 Å². The number of hydrogen-bond acceptors (Lipinski definition) is 1. The van der Waals surface area contributed by atoms with E-state index in [4.69, 9.17) is 4.43 Å². The first kappa shape index (κ1) is 16.7. The van der Waals surface area contributed by atoms with Crippen molar-refractivity contribution in [2.45, 2.75) is 76.6 Å². The number of hydrogen-bond donors (Lipinski definition) is 0. The van der Waals surface area contributed by atoms with Crippen LogP contribution in [0.1, 0.15) is 57.9 Å². The van der Waals surface area contributed by atoms with Crippen LogP contribution in [0.5, 0.6) is 0 Å². The molecule has 0 saturated heterocycles. The summed E-state index contributed by atoms with van der Waals surface area (Å²) >= 11 is 0. The van der Waals surface area contributed by atoms with Crippen LogP contribution in [0, 0.1) is 5.82 Å². The molecule has 1 aliphatic rings. The summed E-state index contributed by atoms with van der Waals surface area (Å²) in [5.41, 5.74) is 1.24. The second-order valence-electron chi connectivity index (χ2n) is 7.86. The normalized spacial score (nSPS) is 24.1. The smallest absolute Gasteiger partial charge is 0.192 e. The molecule has 118 valence electrons. The summed E-state index contributed by atoms with van der Waals surface area (Å²) in [7, 11) is -1.75. The Morgan fingerprint density at radius 2 is 1.62 bits per heavy atom. The maximum absolute atomic E-state index is 13.2. The summed E-state index contributed by atoms with van der Waals surface area (Å²) in [5, 5.41) is 0.234. The molecule has 21 heavy (non-hydrogen) atoms. The standard InChI is InChI=1S/C18H29FOSi/c1-18(2,3)21(4,5)20-17-9-7-6-8-16(17)14-10-12-15(19)13-11-14/h10-13,16-17H,6-9H2,1-5H3/t16-,17+/m0/s1. The van der Waals surface area contributed by atoms with Gasteiger partial charge in [-0.15, -0.1) is 0 Å². The van der Waals surface area contributed by atoms with E-state index in [9.17, 15) is 4.39 Å². The number of benzene rings is 1. The second-order valence-corrected chi connectivity index (χ2v) is 12.6. The number of rotatable bonds is 3. The molecule has 0 aromatic heterocycles. The molecule has 1 aliphatic carbocycles. The van der Waals surface area contributed by atoms with Crippen molar-refractivity contribution in [3.05, 3.63) is 35.6 Å². The van der Waals surface area contributed by atoms with Crippen molar-refractivity contribution in [1.29, 1.82) is 0 Å². The molecule has 2 atom stereocenters. The Kier molecular flexibility index (Phi) is 4.94. The Hall–Kier alpha value is -0.673. The quantitative estimate of drug-likeness (QED) is 0.634. The Morgan fingerprint density at radius 1 is 1.05 bits per heavy atom. The van der Waals surface area contributed by atoms with Crippen molar-refractivity contribution in [3.63, 3.8) is 0 Å². The maximum atomic E-state index is 13.2. The zero-order valence-corrected chi connectivity index (χ0v) is 15.1. The molecule has 0 heterocycles. The van der Waals surface area contributed by atoms with Crippen LogP contribution in [0.3, 0.4) is 0 Å². The van der Waals surface area contributed by atoms with Gasteiger partial charge >= 0.3 is 0 Å². The van der Waals surface area contributed by atoms with E-state index in [1.165, 1.54) is 18.4 Å². The highest BCUT2D eigenvalue weighted by Crippen LogP contribution is 2.42. The summed E-state index contributed by atoms with van der Waals surface area (Å²) in [6, 6.07) is 7.03. The average molecular weight is 309 g/mol. The summed E-state index contributed by atoms with van der Waals surface area (Å²) in [6.45, 7) is 11.5. The van der Waals surface area contributed by atoms with Crippen LogP contribution in [0.2, 0.25) is 18.1 Å². The zero-order chi connectivity index (χ0) is 15.7. The zero-order valence-electron chi connectivity index (χ0n) is 14.1. The van der Waals surface area contributed by atoms with Gasteiger partial charge in [0.05, 0.1) is 6.10 Å². The predicted molar refractivity (Wildman–Crippen MR) is 89.7 cm³/mol. The van der Waals surface area contributed by atoms with Crippen molar-refractivity contribution >= 4 is 8.32 Å². The Bertz CT molecular complexity index is 461. The largest absolute Gasteiger partial charge is 0.413 e. The average Bonchev–Trinajstić information content (AvgIpc) is 2.39. The molecule has 1 aromatic rings. The predicted octanol–water partition coefficient (Wildman–Crippen LogP) is 5.87. The molecule has 1 saturated carbocycles. The van der Waals surface area contributed by atoms with E-state index < -0.39 is 8.32 Å². The van der Waals surface area contributed by atoms with E-state index in [-0.39, 0.29) is 10.9 Å². The fourth-order valence-corrected chi connectivity index (χ4v) is 4.28. The van der Waals surface area contributed by atoms with Gasteiger partial charge in [0.2, 0.25) is 0 Å². The van der Waals surface area contributed by atoms with Gasteiger partial charge in [0, 0.05) is 5.92 Å². The third-order valence-electron chi connectivity index (χ3n) is 5.25. The molecular formula is C18H29FOSi. The van der Waals surface area contributed by atoms with Crippen molar-refractivity contribution in [3.8, 4) is 0 Å². The molecule has 0 amide bonds. The Morgan fingerprint density at radius 3 is 2.19 bits per heavy atom. The molecule has 3 heteroatoms. The van der Waals surface area contributed by atoms with Crippen LogP contribution in [0.4, 0.5) is 4.39 Å². The highest BCUT2D eigenvalue weighted by molar-refractivity contribution is 6.74. The molecule has 0 bridgehead atoms. The van der Waals surface area contributed by atoms with Crippen LogP contribution in [0.15, 0.2) is 24.3 Å². The van der Waals surface area contributed by atoms with Crippen molar-refractivity contribution < 1.29 is 8.82 Å². The highest BCUT2D eigenvalue weighted by atomic mass is 28.4. The molecule has 1 nitrogen and oxygen atoms in total. The summed E-state index contributed by atoms with van der Waals surface area (Å²) < 4.78 is 19.8. The minimum atomic E-state index is -1.75. The Labute approximate surface area is 130 Å². The van der Waals surface area contributed by atoms with Gasteiger partial charge in [-0.1, -0.05) is 45.7 Å². The van der Waals surface area contributed by atoms with Gasteiger partial charge < -0.3 is 4.43 Å². The van der Waals surface area contributed by atoms with Crippen LogP contribution >= 0.6 is 0 Å². The van der Waals surface area contributed by atoms with E-state index in [0.29, 0.717) is 12.0 Å². The van der Waals surface area contributed by atoms with Gasteiger partial charge in [-0.3, -0.25) is 0 Å². The molecule has 0 radical (unpaired) electrons. The first-order valence-corrected chi connectivity index (χ1v) is 11.0. The molecule has 2 rings (SSSR count). The van der Waals surface area contributed by atoms with Crippen molar-refractivity contribution in [2.75, 3.05) is 0 Å². The topological polar surface area (TPSA) is 9.23 Å². The monoisotopic (exact) mass is 308 g/mol. The second kappa shape index (κ2) is 6.21. The van der Waals surface area contributed by atoms with Gasteiger partial charge in [0.25, 0.3) is 0 Å². The molecular weight excluding hydrogens is 279 g/mol. The Balaban J connectivity index is 2.18. The first-order valence-electron chi connectivity index (χ1n) is 8.14. The third-order valence-corrected chi connectivity index (χ3v) is 9.76. The summed E-state index contributed by atoms with van der Waals surface area (Å²) in [6.07, 6.45) is 5.08. The third kappa shape index (κ3) is 3.95. The summed E-state index contributed by atoms with van der Waals surface area (Å²) in [4.78, 5) is 0. The lowest BCUT2D eigenvalue weighted by Crippen LogP contribution is -2.46. The highest BCUT2D eigenvalue weighted by Gasteiger charge is 2.41. The fraction of sp³-hybridized carbons (Fsp3) is 0.667. The molecule has 0 unspecified atom stereocenters. The summed E-state index contributed by atoms with van der Waals surface area (Å²) in [5.74, 6) is 0.268. The van der Waals surface area contributed by atoms with Crippen LogP contribution in [-0.4, -0.2) is 14.4 Å². The van der Waals surface area contributed by atoms with Crippen molar-refractivity contribution in [1.82, 2.24) is 0 Å². The lowest BCUT2D eigenvalue weighted by atomic mass is 9.82. The minimum Gasteiger partial charge on any atom is -0.413 e. The van der Waals surface area contributed by atoms with Gasteiger partial charge in [0.1, 0.15) is 5.82 Å². The van der Waals surface area contributed by atoms with E-state index in [1.54, 1.807) is 12.1 Å². The lowest BCUT2D eigenvalue weighted by molar-refractivity contribution is 0.114. The molecule has 1 fully saturated rings. The molecule has 0 N–H and O–H groups in total. The minimum absolute atomic E-state index is 0.156. The molecule has 1 aromatic carbocycles. The van der Waals surface area contributed by atoms with Crippen LogP contribution < -0.4 is 0 Å². The van der Waals surface area contributed by atoms with E-state index in [2.05, 4.69) is 33.9 Å². The molecule has 0 aliphatic heterocycles. The van der Waals surface area contributed by atoms with Crippen molar-refractivity contribution in [2.24, 2.45) is 0 Å². The molecule has 0 spiro atoms. The van der Waals surface area contributed by atoms with Gasteiger partial charge in [-0.25, -0.2) is 4.39 Å². The van der Waals surface area contributed by atoms with Crippen LogP contribution in [0.25, 0.3) is 0 Å². The van der Waals surface area contributed by atoms with E-state index >= 15 is 0 Å².